The smallest absolute Gasteiger partial charge is 0.419 e. The van der Waals surface area contributed by atoms with Crippen molar-refractivity contribution in [1.82, 2.24) is 4.98 Å². The molecule has 1 aromatic heterocycles. The van der Waals surface area contributed by atoms with E-state index < -0.39 is 52.6 Å². The van der Waals surface area contributed by atoms with Gasteiger partial charge in [-0.2, -0.15) is 13.2 Å². The largest absolute Gasteiger partial charge is 0.481 e. The van der Waals surface area contributed by atoms with Crippen molar-refractivity contribution in [3.63, 3.8) is 0 Å². The van der Waals surface area contributed by atoms with Crippen molar-refractivity contribution in [2.75, 3.05) is 12.4 Å². The highest BCUT2D eigenvalue weighted by molar-refractivity contribution is 6.01. The predicted molar refractivity (Wildman–Crippen MR) is 98.8 cm³/mol. The van der Waals surface area contributed by atoms with Crippen LogP contribution < -0.4 is 10.1 Å². The molecule has 0 spiro atoms. The third kappa shape index (κ3) is 2.64. The first-order valence-corrected chi connectivity index (χ1v) is 9.66. The number of benzene rings is 1. The Morgan fingerprint density at radius 3 is 2.81 bits per heavy atom. The molecule has 3 aliphatic rings. The molecular weight excluding hydrogens is 420 g/mol. The molecule has 10 heteroatoms. The second kappa shape index (κ2) is 6.39. The van der Waals surface area contributed by atoms with Crippen molar-refractivity contribution < 1.29 is 36.9 Å². The zero-order valence-electron chi connectivity index (χ0n) is 16.2. The summed E-state index contributed by atoms with van der Waals surface area (Å²) in [5, 5.41) is 13.0. The summed E-state index contributed by atoms with van der Waals surface area (Å²) in [4.78, 5) is 17.4. The van der Waals surface area contributed by atoms with E-state index in [-0.39, 0.29) is 12.1 Å². The molecule has 2 bridgehead atoms. The number of amides is 1. The number of aliphatic hydroxyl groups excluding tert-OH is 1. The van der Waals surface area contributed by atoms with Crippen LogP contribution in [0.3, 0.4) is 0 Å². The lowest BCUT2D eigenvalue weighted by Gasteiger charge is -2.29. The number of hydrogen-bond donors (Lipinski definition) is 2. The highest BCUT2D eigenvalue weighted by Crippen LogP contribution is 2.77. The van der Waals surface area contributed by atoms with Crippen LogP contribution in [-0.2, 0) is 21.1 Å². The number of halogens is 4. The van der Waals surface area contributed by atoms with Gasteiger partial charge in [0.25, 0.3) is 0 Å². The van der Waals surface area contributed by atoms with Crippen LogP contribution in [0.25, 0.3) is 0 Å². The molecule has 3 fully saturated rings. The Hall–Kier alpha value is -2.72. The van der Waals surface area contributed by atoms with Gasteiger partial charge in [-0.1, -0.05) is 0 Å². The van der Waals surface area contributed by atoms with Crippen LogP contribution in [0, 0.1) is 11.2 Å². The van der Waals surface area contributed by atoms with Crippen LogP contribution in [0.2, 0.25) is 0 Å². The van der Waals surface area contributed by atoms with Gasteiger partial charge in [0.2, 0.25) is 11.8 Å². The number of carbonyl (C=O) groups excluding carboxylic acids is 1. The number of nitrogens with zero attached hydrogens (tertiary/aromatic N) is 1. The second-order valence-corrected chi connectivity index (χ2v) is 8.20. The van der Waals surface area contributed by atoms with Crippen LogP contribution in [0.1, 0.15) is 24.0 Å². The number of carbonyl (C=O) groups is 1. The molecule has 2 saturated heterocycles. The zero-order valence-corrected chi connectivity index (χ0v) is 16.2. The summed E-state index contributed by atoms with van der Waals surface area (Å²) in [5.74, 6) is -1.61. The Balaban J connectivity index is 1.51. The number of nitrogens with one attached hydrogen (secondary N) is 1. The lowest BCUT2D eigenvalue weighted by molar-refractivity contribution is -0.140. The number of fused-ring (bicyclic) bond motifs is 5. The number of ether oxygens (including phenoxy) is 2. The number of anilines is 1. The molecule has 0 radical (unpaired) electrons. The Bertz CT molecular complexity index is 1080. The number of aromatic nitrogens is 1. The van der Waals surface area contributed by atoms with Crippen LogP contribution in [0.4, 0.5) is 23.2 Å². The number of rotatable bonds is 4. The van der Waals surface area contributed by atoms with Gasteiger partial charge in [-0.3, -0.25) is 4.79 Å². The van der Waals surface area contributed by atoms with Gasteiger partial charge in [0.05, 0.1) is 36.4 Å². The van der Waals surface area contributed by atoms with Crippen molar-refractivity contribution >= 4 is 11.6 Å². The summed E-state index contributed by atoms with van der Waals surface area (Å²) >= 11 is 0. The third-order valence-corrected chi connectivity index (χ3v) is 6.77. The monoisotopic (exact) mass is 438 g/mol. The zero-order chi connectivity index (χ0) is 22.2. The molecule has 1 aliphatic carbocycles. The van der Waals surface area contributed by atoms with Gasteiger partial charge in [-0.15, -0.1) is 0 Å². The predicted octanol–water partition coefficient (Wildman–Crippen LogP) is 3.05. The van der Waals surface area contributed by atoms with Crippen LogP contribution in [0.15, 0.2) is 36.5 Å². The minimum atomic E-state index is -4.89. The maximum atomic E-state index is 13.6. The first kappa shape index (κ1) is 20.2. The second-order valence-electron chi connectivity index (χ2n) is 8.20. The normalized spacial score (nSPS) is 33.2. The summed E-state index contributed by atoms with van der Waals surface area (Å²) in [7, 11) is 1.45. The molecule has 1 amide bonds. The quantitative estimate of drug-likeness (QED) is 0.718. The maximum Gasteiger partial charge on any atom is 0.419 e. The number of methoxy groups -OCH3 is 1. The van der Waals surface area contributed by atoms with Crippen molar-refractivity contribution in [3.8, 4) is 5.88 Å². The Morgan fingerprint density at radius 1 is 1.32 bits per heavy atom. The molecule has 5 atom stereocenters. The van der Waals surface area contributed by atoms with Crippen molar-refractivity contribution in [1.29, 1.82) is 0 Å². The van der Waals surface area contributed by atoms with Gasteiger partial charge in [0.1, 0.15) is 5.82 Å². The number of hydrogen-bond acceptors (Lipinski definition) is 5. The molecule has 5 unspecified atom stereocenters. The van der Waals surface area contributed by atoms with E-state index in [9.17, 15) is 27.5 Å². The summed E-state index contributed by atoms with van der Waals surface area (Å²) in [5.41, 5.74) is -2.82. The molecule has 1 saturated carbocycles. The topological polar surface area (TPSA) is 80.7 Å². The number of alkyl halides is 3. The number of aliphatic hydroxyl groups is 1. The fourth-order valence-electron chi connectivity index (χ4n) is 5.39. The van der Waals surface area contributed by atoms with E-state index in [1.807, 2.05) is 0 Å². The third-order valence-electron chi connectivity index (χ3n) is 6.77. The van der Waals surface area contributed by atoms with E-state index in [0.717, 1.165) is 6.07 Å². The van der Waals surface area contributed by atoms with Crippen LogP contribution >= 0.6 is 0 Å². The first-order chi connectivity index (χ1) is 14.6. The van der Waals surface area contributed by atoms with Gasteiger partial charge in [0, 0.05) is 29.8 Å². The molecule has 2 aliphatic heterocycles. The standard InChI is InChI=1S/C21H18F4N2O4/c1-30-16-6-10(4-5-26-16)19-9-20(19,15-8-14(28)17(19)31-15)18(29)27-11-2-3-13(22)12(7-11)21(23,24)25/h2-7,14-15,17,28H,8-9H2,1H3,(H,27,29). The minimum Gasteiger partial charge on any atom is -0.481 e. The SMILES string of the molecule is COc1cc(C23CC2(C(=O)Nc2ccc(F)c(C(F)(F)F)c2)C2CC(O)C3O2)ccn1. The van der Waals surface area contributed by atoms with E-state index in [1.165, 1.54) is 13.3 Å². The molecular formula is C21H18F4N2O4. The Kier molecular flexibility index (Phi) is 4.17. The average molecular weight is 438 g/mol. The molecule has 1 aromatic carbocycles. The van der Waals surface area contributed by atoms with E-state index in [4.69, 9.17) is 9.47 Å². The fourth-order valence-corrected chi connectivity index (χ4v) is 5.39. The first-order valence-electron chi connectivity index (χ1n) is 9.66. The van der Waals surface area contributed by atoms with Crippen LogP contribution in [-0.4, -0.2) is 41.4 Å². The lowest BCUT2D eigenvalue weighted by atomic mass is 9.74. The molecule has 6 nitrogen and oxygen atoms in total. The van der Waals surface area contributed by atoms with Gasteiger partial charge >= 0.3 is 6.18 Å². The highest BCUT2D eigenvalue weighted by Gasteiger charge is 2.87. The summed E-state index contributed by atoms with van der Waals surface area (Å²) in [6, 6.07) is 5.72. The van der Waals surface area contributed by atoms with E-state index >= 15 is 0 Å². The fraction of sp³-hybridized carbons (Fsp3) is 0.429. The van der Waals surface area contributed by atoms with Gasteiger partial charge < -0.3 is 19.9 Å². The van der Waals surface area contributed by atoms with Crippen LogP contribution in [0.5, 0.6) is 5.88 Å². The molecule has 31 heavy (non-hydrogen) atoms. The summed E-state index contributed by atoms with van der Waals surface area (Å²) in [6.45, 7) is 0. The van der Waals surface area contributed by atoms with Crippen molar-refractivity contribution in [2.24, 2.45) is 5.41 Å². The summed E-state index contributed by atoms with van der Waals surface area (Å²) in [6.07, 6.45) is -4.74. The van der Waals surface area contributed by atoms with E-state index in [0.29, 0.717) is 30.0 Å². The Morgan fingerprint density at radius 2 is 2.10 bits per heavy atom. The summed E-state index contributed by atoms with van der Waals surface area (Å²) < 4.78 is 63.9. The Labute approximate surface area is 174 Å². The van der Waals surface area contributed by atoms with E-state index in [2.05, 4.69) is 10.3 Å². The maximum absolute atomic E-state index is 13.6. The van der Waals surface area contributed by atoms with Gasteiger partial charge in [0.15, 0.2) is 0 Å². The molecule has 3 heterocycles. The average Bonchev–Trinajstić information content (AvgIpc) is 3.22. The van der Waals surface area contributed by atoms with Gasteiger partial charge in [-0.25, -0.2) is 9.37 Å². The molecule has 5 rings (SSSR count). The number of pyridine rings is 1. The molecule has 2 aromatic rings. The van der Waals surface area contributed by atoms with E-state index in [1.54, 1.807) is 12.1 Å². The minimum absolute atomic E-state index is 0.162. The highest BCUT2D eigenvalue weighted by atomic mass is 19.4. The van der Waals surface area contributed by atoms with Crippen molar-refractivity contribution in [3.05, 3.63) is 53.5 Å². The molecule has 2 N–H and O–H groups in total. The molecule has 164 valence electrons. The van der Waals surface area contributed by atoms with Crippen molar-refractivity contribution in [2.45, 2.75) is 42.7 Å². The lowest BCUT2D eigenvalue weighted by Crippen LogP contribution is -2.44. The van der Waals surface area contributed by atoms with Gasteiger partial charge in [-0.05, 0) is 36.2 Å².